The first kappa shape index (κ1) is 15.8. The standard InChI is InChI=1S/C12H14FNO6S/c13-10-5-8(12(16)17)1-2-11(10)21(18,19)14-3-4-20-7-9(14)6-15/h1-2,5,9,15H,3-4,6-7H2,(H,16,17). The van der Waals surface area contributed by atoms with E-state index in [1.807, 2.05) is 0 Å². The molecule has 1 atom stereocenters. The quantitative estimate of drug-likeness (QED) is 0.803. The Hall–Kier alpha value is -1.55. The highest BCUT2D eigenvalue weighted by molar-refractivity contribution is 7.89. The zero-order valence-corrected chi connectivity index (χ0v) is 11.7. The van der Waals surface area contributed by atoms with Crippen LogP contribution in [0.2, 0.25) is 0 Å². The van der Waals surface area contributed by atoms with Crippen LogP contribution in [0.1, 0.15) is 10.4 Å². The molecule has 21 heavy (non-hydrogen) atoms. The summed E-state index contributed by atoms with van der Waals surface area (Å²) >= 11 is 0. The normalized spacial score (nSPS) is 20.4. The molecule has 0 saturated carbocycles. The Morgan fingerprint density at radius 3 is 2.76 bits per heavy atom. The third-order valence-electron chi connectivity index (χ3n) is 3.15. The predicted molar refractivity (Wildman–Crippen MR) is 68.9 cm³/mol. The molecule has 1 fully saturated rings. The highest BCUT2D eigenvalue weighted by Gasteiger charge is 2.35. The van der Waals surface area contributed by atoms with Crippen LogP contribution in [0.5, 0.6) is 0 Å². The molecule has 2 rings (SSSR count). The van der Waals surface area contributed by atoms with Gasteiger partial charge in [0.1, 0.15) is 10.7 Å². The highest BCUT2D eigenvalue weighted by Crippen LogP contribution is 2.23. The summed E-state index contributed by atoms with van der Waals surface area (Å²) in [6.07, 6.45) is 0. The third-order valence-corrected chi connectivity index (χ3v) is 5.13. The van der Waals surface area contributed by atoms with Gasteiger partial charge in [0.2, 0.25) is 10.0 Å². The summed E-state index contributed by atoms with van der Waals surface area (Å²) in [4.78, 5) is 10.1. The Balaban J connectivity index is 2.41. The van der Waals surface area contributed by atoms with Gasteiger partial charge in [-0.1, -0.05) is 0 Å². The van der Waals surface area contributed by atoms with Crippen molar-refractivity contribution in [1.82, 2.24) is 4.31 Å². The third kappa shape index (κ3) is 3.05. The van der Waals surface area contributed by atoms with E-state index in [0.29, 0.717) is 6.07 Å². The van der Waals surface area contributed by atoms with Gasteiger partial charge in [0, 0.05) is 6.54 Å². The van der Waals surface area contributed by atoms with E-state index < -0.39 is 39.4 Å². The molecule has 1 aromatic carbocycles. The van der Waals surface area contributed by atoms with Gasteiger partial charge in [-0.15, -0.1) is 0 Å². The molecule has 2 N–H and O–H groups in total. The van der Waals surface area contributed by atoms with Crippen molar-refractivity contribution in [1.29, 1.82) is 0 Å². The van der Waals surface area contributed by atoms with Gasteiger partial charge in [0.25, 0.3) is 0 Å². The highest BCUT2D eigenvalue weighted by atomic mass is 32.2. The van der Waals surface area contributed by atoms with E-state index in [1.165, 1.54) is 0 Å². The molecule has 1 saturated heterocycles. The first-order valence-electron chi connectivity index (χ1n) is 6.11. The van der Waals surface area contributed by atoms with Crippen LogP contribution in [-0.4, -0.2) is 61.3 Å². The molecule has 0 radical (unpaired) electrons. The molecule has 0 aliphatic carbocycles. The first-order chi connectivity index (χ1) is 9.87. The van der Waals surface area contributed by atoms with Crippen molar-refractivity contribution in [3.63, 3.8) is 0 Å². The van der Waals surface area contributed by atoms with Crippen molar-refractivity contribution < 1.29 is 32.6 Å². The van der Waals surface area contributed by atoms with Gasteiger partial charge in [-0.3, -0.25) is 0 Å². The van der Waals surface area contributed by atoms with Gasteiger partial charge in [0.15, 0.2) is 0 Å². The van der Waals surface area contributed by atoms with Crippen LogP contribution in [0, 0.1) is 5.82 Å². The maximum Gasteiger partial charge on any atom is 0.335 e. The average molecular weight is 319 g/mol. The topological polar surface area (TPSA) is 104 Å². The van der Waals surface area contributed by atoms with E-state index in [-0.39, 0.29) is 25.3 Å². The van der Waals surface area contributed by atoms with Crippen LogP contribution in [0.15, 0.2) is 23.1 Å². The number of morpholine rings is 1. The van der Waals surface area contributed by atoms with Crippen LogP contribution >= 0.6 is 0 Å². The number of carboxylic acids is 1. The fraction of sp³-hybridized carbons (Fsp3) is 0.417. The molecule has 1 heterocycles. The number of benzene rings is 1. The summed E-state index contributed by atoms with van der Waals surface area (Å²) in [5.74, 6) is -2.49. The molecule has 0 spiro atoms. The number of nitrogens with zero attached hydrogens (tertiary/aromatic N) is 1. The van der Waals surface area contributed by atoms with Crippen LogP contribution in [0.4, 0.5) is 4.39 Å². The number of ether oxygens (including phenoxy) is 1. The smallest absolute Gasteiger partial charge is 0.335 e. The number of halogens is 1. The zero-order valence-electron chi connectivity index (χ0n) is 10.9. The number of carboxylic acid groups (broad SMARTS) is 1. The largest absolute Gasteiger partial charge is 0.478 e. The van der Waals surface area contributed by atoms with Crippen molar-refractivity contribution in [2.45, 2.75) is 10.9 Å². The predicted octanol–water partition coefficient (Wildman–Crippen LogP) is -0.0943. The van der Waals surface area contributed by atoms with Gasteiger partial charge in [-0.05, 0) is 18.2 Å². The zero-order chi connectivity index (χ0) is 15.6. The maximum absolute atomic E-state index is 13.9. The minimum Gasteiger partial charge on any atom is -0.478 e. The minimum absolute atomic E-state index is 0.00627. The van der Waals surface area contributed by atoms with Gasteiger partial charge >= 0.3 is 5.97 Å². The van der Waals surface area contributed by atoms with E-state index in [4.69, 9.17) is 9.84 Å². The molecule has 1 aliphatic heterocycles. The van der Waals surface area contributed by atoms with E-state index in [0.717, 1.165) is 16.4 Å². The lowest BCUT2D eigenvalue weighted by Crippen LogP contribution is -2.50. The number of sulfonamides is 1. The molecule has 0 aromatic heterocycles. The molecule has 0 bridgehead atoms. The number of aromatic carboxylic acids is 1. The molecule has 7 nitrogen and oxygen atoms in total. The summed E-state index contributed by atoms with van der Waals surface area (Å²) in [5, 5.41) is 18.0. The Morgan fingerprint density at radius 1 is 1.48 bits per heavy atom. The van der Waals surface area contributed by atoms with Crippen molar-refractivity contribution in [2.24, 2.45) is 0 Å². The van der Waals surface area contributed by atoms with Gasteiger partial charge in [-0.25, -0.2) is 17.6 Å². The minimum atomic E-state index is -4.17. The van der Waals surface area contributed by atoms with Gasteiger partial charge < -0.3 is 14.9 Å². The molecular formula is C12H14FNO6S. The van der Waals surface area contributed by atoms with Crippen LogP contribution in [0.3, 0.4) is 0 Å². The average Bonchev–Trinajstić information content (AvgIpc) is 2.46. The van der Waals surface area contributed by atoms with Crippen LogP contribution in [-0.2, 0) is 14.8 Å². The monoisotopic (exact) mass is 319 g/mol. The van der Waals surface area contributed by atoms with Gasteiger partial charge in [0.05, 0.1) is 31.4 Å². The van der Waals surface area contributed by atoms with Crippen molar-refractivity contribution in [3.05, 3.63) is 29.6 Å². The van der Waals surface area contributed by atoms with Crippen LogP contribution in [0.25, 0.3) is 0 Å². The molecule has 9 heteroatoms. The molecule has 1 aromatic rings. The summed E-state index contributed by atoms with van der Waals surface area (Å²) < 4.78 is 44.8. The lowest BCUT2D eigenvalue weighted by molar-refractivity contribution is 0.0108. The Labute approximate surface area is 120 Å². The number of hydrogen-bond donors (Lipinski definition) is 2. The van der Waals surface area contributed by atoms with Crippen molar-refractivity contribution in [3.8, 4) is 0 Å². The molecule has 1 unspecified atom stereocenters. The summed E-state index contributed by atoms with van der Waals surface area (Å²) in [6, 6.07) is 1.80. The maximum atomic E-state index is 13.9. The lowest BCUT2D eigenvalue weighted by Gasteiger charge is -2.33. The fourth-order valence-corrected chi connectivity index (χ4v) is 3.70. The molecule has 116 valence electrons. The Bertz CT molecular complexity index is 647. The second kappa shape index (κ2) is 6.06. The first-order valence-corrected chi connectivity index (χ1v) is 7.55. The summed E-state index contributed by atoms with van der Waals surface area (Å²) in [7, 11) is -4.17. The molecular weight excluding hydrogens is 305 g/mol. The number of rotatable bonds is 4. The molecule has 0 amide bonds. The second-order valence-corrected chi connectivity index (χ2v) is 6.34. The van der Waals surface area contributed by atoms with E-state index in [2.05, 4.69) is 0 Å². The van der Waals surface area contributed by atoms with Crippen molar-refractivity contribution >= 4 is 16.0 Å². The number of aliphatic hydroxyl groups excluding tert-OH is 1. The van der Waals surface area contributed by atoms with E-state index in [1.54, 1.807) is 0 Å². The number of carbonyl (C=O) groups is 1. The van der Waals surface area contributed by atoms with Crippen LogP contribution < -0.4 is 0 Å². The lowest BCUT2D eigenvalue weighted by atomic mass is 10.2. The Kier molecular flexibility index (Phi) is 4.57. The van der Waals surface area contributed by atoms with Gasteiger partial charge in [-0.2, -0.15) is 4.31 Å². The SMILES string of the molecule is O=C(O)c1ccc(S(=O)(=O)N2CCOCC2CO)c(F)c1. The number of hydrogen-bond acceptors (Lipinski definition) is 5. The second-order valence-electron chi connectivity index (χ2n) is 4.48. The Morgan fingerprint density at radius 2 is 2.19 bits per heavy atom. The summed E-state index contributed by atoms with van der Waals surface area (Å²) in [6.45, 7) is -0.295. The van der Waals surface area contributed by atoms with E-state index in [9.17, 15) is 22.7 Å². The van der Waals surface area contributed by atoms with E-state index >= 15 is 0 Å². The fourth-order valence-electron chi connectivity index (χ4n) is 2.07. The summed E-state index contributed by atoms with van der Waals surface area (Å²) in [5.41, 5.74) is -0.341. The molecule has 1 aliphatic rings. The number of aliphatic hydroxyl groups is 1. The van der Waals surface area contributed by atoms with Crippen molar-refractivity contribution in [2.75, 3.05) is 26.4 Å².